The summed E-state index contributed by atoms with van der Waals surface area (Å²) in [6.45, 7) is 0. The van der Waals surface area contributed by atoms with E-state index in [1.165, 1.54) is 18.2 Å². The smallest absolute Gasteiger partial charge is 0.322 e. The first-order valence-corrected chi connectivity index (χ1v) is 7.06. The Morgan fingerprint density at radius 3 is 2.41 bits per heavy atom. The average Bonchev–Trinajstić information content (AvgIpc) is 2.46. The largest absolute Gasteiger partial charge is 0.416 e. The first-order valence-electron chi connectivity index (χ1n) is 6.26. The standard InChI is InChI=1S/C16H11BrF3NO/c17-13-7-4-11(5-8-13)6-9-15(22)21-14-3-1-2-12(10-14)16(18,19)20/h1-10H,(H,21,22)/b9-6+. The van der Waals surface area contributed by atoms with E-state index < -0.39 is 17.6 Å². The minimum atomic E-state index is -4.44. The highest BCUT2D eigenvalue weighted by Gasteiger charge is 2.30. The Labute approximate surface area is 133 Å². The van der Waals surface area contributed by atoms with Crippen LogP contribution in [0, 0.1) is 0 Å². The van der Waals surface area contributed by atoms with Crippen molar-refractivity contribution in [2.24, 2.45) is 0 Å². The van der Waals surface area contributed by atoms with Crippen LogP contribution in [0.5, 0.6) is 0 Å². The molecule has 0 bridgehead atoms. The van der Waals surface area contributed by atoms with Gasteiger partial charge in [0.15, 0.2) is 0 Å². The van der Waals surface area contributed by atoms with Gasteiger partial charge in [0.25, 0.3) is 0 Å². The summed E-state index contributed by atoms with van der Waals surface area (Å²) >= 11 is 3.30. The molecule has 114 valence electrons. The molecule has 0 saturated heterocycles. The van der Waals surface area contributed by atoms with Crippen molar-refractivity contribution in [2.75, 3.05) is 5.32 Å². The molecule has 0 aromatic heterocycles. The summed E-state index contributed by atoms with van der Waals surface area (Å²) in [5, 5.41) is 2.40. The Morgan fingerprint density at radius 2 is 1.77 bits per heavy atom. The molecule has 0 saturated carbocycles. The summed E-state index contributed by atoms with van der Waals surface area (Å²) in [7, 11) is 0. The lowest BCUT2D eigenvalue weighted by Gasteiger charge is -2.08. The number of carbonyl (C=O) groups excluding carboxylic acids is 1. The van der Waals surface area contributed by atoms with Crippen molar-refractivity contribution in [1.82, 2.24) is 0 Å². The molecular formula is C16H11BrF3NO. The van der Waals surface area contributed by atoms with Crippen LogP contribution in [0.2, 0.25) is 0 Å². The van der Waals surface area contributed by atoms with Crippen LogP contribution in [0.25, 0.3) is 6.08 Å². The molecule has 0 aliphatic carbocycles. The van der Waals surface area contributed by atoms with E-state index in [4.69, 9.17) is 0 Å². The van der Waals surface area contributed by atoms with E-state index in [9.17, 15) is 18.0 Å². The zero-order valence-electron chi connectivity index (χ0n) is 11.2. The normalized spacial score (nSPS) is 11.6. The van der Waals surface area contributed by atoms with Gasteiger partial charge in [-0.15, -0.1) is 0 Å². The van der Waals surface area contributed by atoms with Crippen LogP contribution in [0.1, 0.15) is 11.1 Å². The van der Waals surface area contributed by atoms with Crippen LogP contribution in [0.3, 0.4) is 0 Å². The van der Waals surface area contributed by atoms with Gasteiger partial charge in [-0.2, -0.15) is 13.2 Å². The van der Waals surface area contributed by atoms with Gasteiger partial charge in [0, 0.05) is 16.2 Å². The predicted molar refractivity (Wildman–Crippen MR) is 83.2 cm³/mol. The SMILES string of the molecule is O=C(/C=C/c1ccc(Br)cc1)Nc1cccc(C(F)(F)F)c1. The lowest BCUT2D eigenvalue weighted by Crippen LogP contribution is -2.10. The monoisotopic (exact) mass is 369 g/mol. The maximum atomic E-state index is 12.6. The van der Waals surface area contributed by atoms with E-state index in [0.717, 1.165) is 22.2 Å². The van der Waals surface area contributed by atoms with Crippen LogP contribution < -0.4 is 5.32 Å². The molecule has 22 heavy (non-hydrogen) atoms. The summed E-state index contributed by atoms with van der Waals surface area (Å²) in [6.07, 6.45) is -1.59. The van der Waals surface area contributed by atoms with Crippen molar-refractivity contribution in [3.8, 4) is 0 Å². The summed E-state index contributed by atoms with van der Waals surface area (Å²) < 4.78 is 38.6. The number of rotatable bonds is 3. The van der Waals surface area contributed by atoms with Crippen LogP contribution in [-0.2, 0) is 11.0 Å². The molecule has 0 radical (unpaired) electrons. The number of halogens is 4. The summed E-state index contributed by atoms with van der Waals surface area (Å²) in [5.41, 5.74) is 0.102. The molecule has 1 amide bonds. The number of hydrogen-bond acceptors (Lipinski definition) is 1. The van der Waals surface area contributed by atoms with Gasteiger partial charge in [0.1, 0.15) is 0 Å². The first kappa shape index (κ1) is 16.3. The number of hydrogen-bond donors (Lipinski definition) is 1. The number of amides is 1. The van der Waals surface area contributed by atoms with Crippen LogP contribution >= 0.6 is 15.9 Å². The predicted octanol–water partition coefficient (Wildman–Crippen LogP) is 5.12. The molecule has 2 aromatic rings. The third kappa shape index (κ3) is 4.73. The second-order valence-electron chi connectivity index (χ2n) is 4.45. The number of carbonyl (C=O) groups is 1. The van der Waals surface area contributed by atoms with Crippen molar-refractivity contribution in [3.05, 3.63) is 70.2 Å². The highest BCUT2D eigenvalue weighted by atomic mass is 79.9. The van der Waals surface area contributed by atoms with Crippen molar-refractivity contribution >= 4 is 33.6 Å². The van der Waals surface area contributed by atoms with E-state index in [1.807, 2.05) is 12.1 Å². The van der Waals surface area contributed by atoms with E-state index in [2.05, 4.69) is 21.2 Å². The summed E-state index contributed by atoms with van der Waals surface area (Å²) in [5.74, 6) is -0.498. The summed E-state index contributed by atoms with van der Waals surface area (Å²) in [6, 6.07) is 11.8. The fourth-order valence-electron chi connectivity index (χ4n) is 1.70. The van der Waals surface area contributed by atoms with E-state index in [1.54, 1.807) is 18.2 Å². The second kappa shape index (κ2) is 6.79. The quantitative estimate of drug-likeness (QED) is 0.747. The molecule has 0 fully saturated rings. The van der Waals surface area contributed by atoms with Crippen LogP contribution in [-0.4, -0.2) is 5.91 Å². The molecule has 0 spiro atoms. The Balaban J connectivity index is 2.04. The van der Waals surface area contributed by atoms with Gasteiger partial charge in [0.2, 0.25) is 5.91 Å². The average molecular weight is 370 g/mol. The number of nitrogens with one attached hydrogen (secondary N) is 1. The van der Waals surface area contributed by atoms with E-state index in [0.29, 0.717) is 0 Å². The van der Waals surface area contributed by atoms with Crippen molar-refractivity contribution in [3.63, 3.8) is 0 Å². The molecule has 2 rings (SSSR count). The molecule has 0 unspecified atom stereocenters. The minimum absolute atomic E-state index is 0.0975. The maximum Gasteiger partial charge on any atom is 0.416 e. The molecule has 0 heterocycles. The number of anilines is 1. The highest BCUT2D eigenvalue weighted by Crippen LogP contribution is 2.30. The van der Waals surface area contributed by atoms with Gasteiger partial charge < -0.3 is 5.32 Å². The van der Waals surface area contributed by atoms with Crippen molar-refractivity contribution < 1.29 is 18.0 Å². The van der Waals surface area contributed by atoms with Crippen molar-refractivity contribution in [2.45, 2.75) is 6.18 Å². The Bertz CT molecular complexity index is 693. The lowest BCUT2D eigenvalue weighted by atomic mass is 10.2. The summed E-state index contributed by atoms with van der Waals surface area (Å²) in [4.78, 5) is 11.7. The van der Waals surface area contributed by atoms with Gasteiger partial charge in [-0.1, -0.05) is 34.1 Å². The molecule has 0 aliphatic rings. The van der Waals surface area contributed by atoms with E-state index in [-0.39, 0.29) is 5.69 Å². The fraction of sp³-hybridized carbons (Fsp3) is 0.0625. The second-order valence-corrected chi connectivity index (χ2v) is 5.37. The number of benzene rings is 2. The minimum Gasteiger partial charge on any atom is -0.322 e. The lowest BCUT2D eigenvalue weighted by molar-refractivity contribution is -0.137. The van der Waals surface area contributed by atoms with Gasteiger partial charge in [0.05, 0.1) is 5.56 Å². The third-order valence-corrected chi connectivity index (χ3v) is 3.28. The zero-order chi connectivity index (χ0) is 16.2. The Morgan fingerprint density at radius 1 is 1.09 bits per heavy atom. The molecule has 1 N–H and O–H groups in total. The van der Waals surface area contributed by atoms with Gasteiger partial charge in [-0.3, -0.25) is 4.79 Å². The van der Waals surface area contributed by atoms with Gasteiger partial charge in [-0.25, -0.2) is 0 Å². The molecule has 0 atom stereocenters. The Hall–Kier alpha value is -2.08. The van der Waals surface area contributed by atoms with Crippen LogP contribution in [0.4, 0.5) is 18.9 Å². The van der Waals surface area contributed by atoms with Crippen LogP contribution in [0.15, 0.2) is 59.1 Å². The van der Waals surface area contributed by atoms with Gasteiger partial charge in [-0.05, 0) is 42.0 Å². The number of alkyl halides is 3. The molecule has 2 aromatic carbocycles. The molecule has 0 aliphatic heterocycles. The molecule has 6 heteroatoms. The third-order valence-electron chi connectivity index (χ3n) is 2.75. The molecular weight excluding hydrogens is 359 g/mol. The van der Waals surface area contributed by atoms with E-state index >= 15 is 0 Å². The highest BCUT2D eigenvalue weighted by molar-refractivity contribution is 9.10. The molecule has 2 nitrogen and oxygen atoms in total. The van der Waals surface area contributed by atoms with Gasteiger partial charge >= 0.3 is 6.18 Å². The Kier molecular flexibility index (Phi) is 5.03. The maximum absolute atomic E-state index is 12.6. The van der Waals surface area contributed by atoms with Crippen molar-refractivity contribution in [1.29, 1.82) is 0 Å². The first-order chi connectivity index (χ1) is 10.3. The zero-order valence-corrected chi connectivity index (χ0v) is 12.8. The fourth-order valence-corrected chi connectivity index (χ4v) is 1.97. The topological polar surface area (TPSA) is 29.1 Å².